The molecule has 0 fully saturated rings. The number of fused-ring (bicyclic) bond motifs is 1. The van der Waals surface area contributed by atoms with Crippen molar-refractivity contribution in [2.45, 2.75) is 38.3 Å². The molecule has 0 aliphatic carbocycles. The summed E-state index contributed by atoms with van der Waals surface area (Å²) in [4.78, 5) is 28.6. The molecule has 2 aromatic carbocycles. The van der Waals surface area contributed by atoms with E-state index < -0.39 is 65.3 Å². The topological polar surface area (TPSA) is 153 Å². The molecule has 2 aliphatic rings. The monoisotopic (exact) mass is 606 g/mol. The Hall–Kier alpha value is -3.91. The number of aliphatic hydroxyl groups excluding tert-OH is 1. The van der Waals surface area contributed by atoms with Gasteiger partial charge in [-0.1, -0.05) is 32.9 Å². The summed E-state index contributed by atoms with van der Waals surface area (Å²) < 4.78 is 67.1. The molecule has 0 bridgehead atoms. The van der Waals surface area contributed by atoms with E-state index >= 15 is 0 Å². The number of carbonyl (C=O) groups is 2. The first-order valence-corrected chi connectivity index (χ1v) is 15.8. The summed E-state index contributed by atoms with van der Waals surface area (Å²) in [5.74, 6) is -2.58. The SMILES string of the molecule is CN(C)C(=O)C1=C(C2=C(O)[C@H](C(C)(C)C)N(Cc3ccc(F)cc3)C2=O)Nc2ccc(NS(C)(=O)=O)cc2S1(=O)=O. The van der Waals surface area contributed by atoms with Gasteiger partial charge in [-0.3, -0.25) is 14.3 Å². The van der Waals surface area contributed by atoms with Crippen molar-refractivity contribution in [1.82, 2.24) is 9.80 Å². The number of hydrogen-bond acceptors (Lipinski definition) is 8. The number of sulfone groups is 1. The minimum absolute atomic E-state index is 0.0215. The highest BCUT2D eigenvalue weighted by molar-refractivity contribution is 7.96. The molecule has 1 atom stereocenters. The maximum absolute atomic E-state index is 14.0. The predicted octanol–water partition coefficient (Wildman–Crippen LogP) is 2.97. The molecule has 0 saturated carbocycles. The van der Waals surface area contributed by atoms with Crippen molar-refractivity contribution in [3.8, 4) is 0 Å². The van der Waals surface area contributed by atoms with Crippen LogP contribution in [0.15, 0.2) is 69.3 Å². The van der Waals surface area contributed by atoms with Gasteiger partial charge in [0.15, 0.2) is 4.91 Å². The maximum atomic E-state index is 14.0. The largest absolute Gasteiger partial charge is 0.509 e. The Balaban J connectivity index is 1.93. The zero-order valence-electron chi connectivity index (χ0n) is 23.3. The van der Waals surface area contributed by atoms with Gasteiger partial charge < -0.3 is 20.2 Å². The van der Waals surface area contributed by atoms with Crippen LogP contribution in [0.2, 0.25) is 0 Å². The number of amides is 2. The van der Waals surface area contributed by atoms with Crippen LogP contribution in [0.25, 0.3) is 0 Å². The Morgan fingerprint density at radius 2 is 1.76 bits per heavy atom. The Kier molecular flexibility index (Phi) is 7.46. The van der Waals surface area contributed by atoms with Gasteiger partial charge in [-0.2, -0.15) is 0 Å². The van der Waals surface area contributed by atoms with Crippen LogP contribution in [0, 0.1) is 11.2 Å². The van der Waals surface area contributed by atoms with Gasteiger partial charge in [0.1, 0.15) is 17.1 Å². The first kappa shape index (κ1) is 30.1. The quantitative estimate of drug-likeness (QED) is 0.454. The molecule has 0 radical (unpaired) electrons. The van der Waals surface area contributed by atoms with Gasteiger partial charge in [-0.05, 0) is 41.3 Å². The second-order valence-electron chi connectivity index (χ2n) is 11.2. The summed E-state index contributed by atoms with van der Waals surface area (Å²) in [6.07, 6.45) is 0.905. The van der Waals surface area contributed by atoms with Gasteiger partial charge in [0.25, 0.3) is 11.8 Å². The number of nitrogens with one attached hydrogen (secondary N) is 2. The summed E-state index contributed by atoms with van der Waals surface area (Å²) in [5.41, 5.74) is -1.00. The lowest BCUT2D eigenvalue weighted by Crippen LogP contribution is -2.43. The van der Waals surface area contributed by atoms with Crippen LogP contribution in [-0.4, -0.2) is 69.9 Å². The molecule has 220 valence electrons. The van der Waals surface area contributed by atoms with Crippen LogP contribution >= 0.6 is 0 Å². The van der Waals surface area contributed by atoms with E-state index in [4.69, 9.17) is 0 Å². The van der Waals surface area contributed by atoms with Crippen molar-refractivity contribution in [3.63, 3.8) is 0 Å². The van der Waals surface area contributed by atoms with E-state index in [1.807, 2.05) is 0 Å². The fourth-order valence-electron chi connectivity index (χ4n) is 4.88. The number of likely N-dealkylation sites (N-methyl/N-ethyl adjacent to an activating group) is 1. The number of halogens is 1. The van der Waals surface area contributed by atoms with E-state index in [-0.39, 0.29) is 28.4 Å². The molecular formula is C27H31FN4O7S2. The minimum Gasteiger partial charge on any atom is -0.509 e. The van der Waals surface area contributed by atoms with Crippen LogP contribution in [0.5, 0.6) is 0 Å². The normalized spacial score (nSPS) is 18.8. The highest BCUT2D eigenvalue weighted by Crippen LogP contribution is 2.44. The molecule has 11 nitrogen and oxygen atoms in total. The van der Waals surface area contributed by atoms with Crippen molar-refractivity contribution in [2.24, 2.45) is 5.41 Å². The van der Waals surface area contributed by atoms with Gasteiger partial charge >= 0.3 is 0 Å². The Bertz CT molecular complexity index is 1720. The number of nitrogens with zero attached hydrogens (tertiary/aromatic N) is 2. The van der Waals surface area contributed by atoms with E-state index in [1.54, 1.807) is 20.8 Å². The van der Waals surface area contributed by atoms with Gasteiger partial charge in [0.2, 0.25) is 19.9 Å². The molecule has 41 heavy (non-hydrogen) atoms. The van der Waals surface area contributed by atoms with Crippen LogP contribution < -0.4 is 10.0 Å². The van der Waals surface area contributed by atoms with Crippen molar-refractivity contribution < 1.29 is 35.9 Å². The molecule has 0 unspecified atom stereocenters. The fourth-order valence-corrected chi connectivity index (χ4v) is 7.18. The first-order chi connectivity index (χ1) is 18.8. The molecule has 0 saturated heterocycles. The number of anilines is 2. The molecule has 4 rings (SSSR count). The van der Waals surface area contributed by atoms with E-state index in [1.165, 1.54) is 55.4 Å². The Morgan fingerprint density at radius 1 is 1.15 bits per heavy atom. The van der Waals surface area contributed by atoms with Crippen molar-refractivity contribution in [1.29, 1.82) is 0 Å². The lowest BCUT2D eigenvalue weighted by Gasteiger charge is -2.35. The molecule has 2 aliphatic heterocycles. The molecule has 3 N–H and O–H groups in total. The lowest BCUT2D eigenvalue weighted by molar-refractivity contribution is -0.129. The van der Waals surface area contributed by atoms with E-state index in [0.29, 0.717) is 5.56 Å². The van der Waals surface area contributed by atoms with E-state index in [9.17, 15) is 35.9 Å². The van der Waals surface area contributed by atoms with Gasteiger partial charge in [0, 0.05) is 26.3 Å². The average molecular weight is 607 g/mol. The third-order valence-corrected chi connectivity index (χ3v) is 9.01. The Morgan fingerprint density at radius 3 is 2.29 bits per heavy atom. The molecule has 0 spiro atoms. The average Bonchev–Trinajstić information content (AvgIpc) is 3.08. The van der Waals surface area contributed by atoms with E-state index in [0.717, 1.165) is 17.2 Å². The molecular weight excluding hydrogens is 575 g/mol. The molecule has 14 heteroatoms. The minimum atomic E-state index is -4.64. The number of sulfonamides is 1. The van der Waals surface area contributed by atoms with Crippen LogP contribution in [0.4, 0.5) is 15.8 Å². The highest BCUT2D eigenvalue weighted by atomic mass is 32.2. The first-order valence-electron chi connectivity index (χ1n) is 12.4. The molecule has 0 aromatic heterocycles. The molecule has 2 heterocycles. The number of hydrogen-bond donors (Lipinski definition) is 3. The zero-order chi connectivity index (χ0) is 30.7. The third-order valence-electron chi connectivity index (χ3n) is 6.57. The second kappa shape index (κ2) is 10.2. The lowest BCUT2D eigenvalue weighted by atomic mass is 9.85. The number of rotatable bonds is 6. The van der Waals surface area contributed by atoms with Crippen molar-refractivity contribution in [3.05, 3.63) is 75.8 Å². The summed E-state index contributed by atoms with van der Waals surface area (Å²) in [6.45, 7) is 5.35. The van der Waals surface area contributed by atoms with Gasteiger partial charge in [-0.25, -0.2) is 21.2 Å². The predicted molar refractivity (Wildman–Crippen MR) is 151 cm³/mol. The van der Waals surface area contributed by atoms with Crippen LogP contribution in [0.1, 0.15) is 26.3 Å². The number of aliphatic hydroxyl groups is 1. The maximum Gasteiger partial charge on any atom is 0.267 e. The van der Waals surface area contributed by atoms with Gasteiger partial charge in [-0.15, -0.1) is 0 Å². The third kappa shape index (κ3) is 5.66. The molecule has 2 aromatic rings. The van der Waals surface area contributed by atoms with Crippen molar-refractivity contribution in [2.75, 3.05) is 30.4 Å². The summed E-state index contributed by atoms with van der Waals surface area (Å²) in [5, 5.41) is 14.4. The standard InChI is InChI=1S/C27H31FN4O7S2/c1-27(2,3)24-22(33)20(25(34)32(24)14-15-7-9-16(28)10-8-15)21-23(26(35)31(4)5)41(38,39)19-13-17(30-40(6,36)37)11-12-18(19)29-21/h7-13,24,29-30,33H,14H2,1-6H3/t24-/m1/s1. The van der Waals surface area contributed by atoms with Gasteiger partial charge in [0.05, 0.1) is 28.6 Å². The highest BCUT2D eigenvalue weighted by Gasteiger charge is 2.50. The summed E-state index contributed by atoms with van der Waals surface area (Å²) in [7, 11) is -5.71. The number of benzene rings is 2. The van der Waals surface area contributed by atoms with E-state index in [2.05, 4.69) is 10.0 Å². The van der Waals surface area contributed by atoms with Crippen LogP contribution in [-0.2, 0) is 36.0 Å². The number of carbonyl (C=O) groups excluding carboxylic acids is 2. The van der Waals surface area contributed by atoms with Crippen LogP contribution in [0.3, 0.4) is 0 Å². The van der Waals surface area contributed by atoms with Crippen molar-refractivity contribution >= 4 is 43.0 Å². The second-order valence-corrected chi connectivity index (χ2v) is 14.8. The Labute approximate surface area is 238 Å². The summed E-state index contributed by atoms with van der Waals surface area (Å²) in [6, 6.07) is 8.26. The smallest absolute Gasteiger partial charge is 0.267 e. The molecule has 2 amide bonds. The zero-order valence-corrected chi connectivity index (χ0v) is 24.9. The summed E-state index contributed by atoms with van der Waals surface area (Å²) >= 11 is 0. The fraction of sp³-hybridized carbons (Fsp3) is 0.333.